The van der Waals surface area contributed by atoms with Crippen LogP contribution in [0.2, 0.25) is 0 Å². The van der Waals surface area contributed by atoms with E-state index in [0.29, 0.717) is 30.0 Å². The zero-order valence-corrected chi connectivity index (χ0v) is 14.6. The molecule has 0 atom stereocenters. The molecule has 2 aromatic rings. The van der Waals surface area contributed by atoms with E-state index < -0.39 is 0 Å². The van der Waals surface area contributed by atoms with Crippen molar-refractivity contribution in [2.24, 2.45) is 0 Å². The van der Waals surface area contributed by atoms with Crippen molar-refractivity contribution in [3.05, 3.63) is 47.9 Å². The number of nitrogens with zero attached hydrogens (tertiary/aromatic N) is 1. The van der Waals surface area contributed by atoms with Crippen LogP contribution in [0.3, 0.4) is 0 Å². The van der Waals surface area contributed by atoms with Crippen LogP contribution in [0.25, 0.3) is 0 Å². The molecule has 134 valence electrons. The predicted molar refractivity (Wildman–Crippen MR) is 91.9 cm³/mol. The van der Waals surface area contributed by atoms with Crippen molar-refractivity contribution >= 4 is 11.8 Å². The third kappa shape index (κ3) is 5.00. The van der Waals surface area contributed by atoms with Crippen LogP contribution in [0.1, 0.15) is 15.9 Å². The zero-order valence-electron chi connectivity index (χ0n) is 14.6. The first-order valence-electron chi connectivity index (χ1n) is 7.80. The fourth-order valence-electron chi connectivity index (χ4n) is 2.24. The topological polar surface area (TPSA) is 81.0 Å². The van der Waals surface area contributed by atoms with Gasteiger partial charge < -0.3 is 24.1 Å². The molecule has 7 nitrogen and oxygen atoms in total. The average molecular weight is 346 g/mol. The summed E-state index contributed by atoms with van der Waals surface area (Å²) in [6, 6.07) is 7.19. The van der Waals surface area contributed by atoms with Gasteiger partial charge in [0.25, 0.3) is 5.91 Å². The summed E-state index contributed by atoms with van der Waals surface area (Å²) in [6.45, 7) is 0.461. The van der Waals surface area contributed by atoms with E-state index in [0.717, 1.165) is 5.56 Å². The minimum atomic E-state index is -0.338. The Hall–Kier alpha value is -2.96. The quantitative estimate of drug-likeness (QED) is 0.787. The molecule has 0 fully saturated rings. The first-order valence-corrected chi connectivity index (χ1v) is 7.80. The zero-order chi connectivity index (χ0) is 18.2. The number of methoxy groups -OCH3 is 2. The Balaban J connectivity index is 1.82. The van der Waals surface area contributed by atoms with Gasteiger partial charge in [-0.15, -0.1) is 0 Å². The molecule has 0 spiro atoms. The van der Waals surface area contributed by atoms with Crippen molar-refractivity contribution in [1.29, 1.82) is 0 Å². The van der Waals surface area contributed by atoms with Crippen molar-refractivity contribution in [2.75, 3.05) is 34.4 Å². The molecule has 0 bridgehead atoms. The summed E-state index contributed by atoms with van der Waals surface area (Å²) in [5, 5.41) is 2.57. The van der Waals surface area contributed by atoms with E-state index in [-0.39, 0.29) is 18.4 Å². The minimum absolute atomic E-state index is 0.0630. The molecule has 1 aromatic heterocycles. The maximum atomic E-state index is 12.1. The number of hydrogen-bond donors (Lipinski definition) is 1. The maximum absolute atomic E-state index is 12.1. The highest BCUT2D eigenvalue weighted by atomic mass is 16.5. The van der Waals surface area contributed by atoms with Gasteiger partial charge in [0.05, 0.1) is 32.6 Å². The highest BCUT2D eigenvalue weighted by Crippen LogP contribution is 2.27. The van der Waals surface area contributed by atoms with Crippen LogP contribution in [0.5, 0.6) is 11.5 Å². The lowest BCUT2D eigenvalue weighted by Crippen LogP contribution is -2.38. The second kappa shape index (κ2) is 8.77. The standard InChI is InChI=1S/C18H22N2O5/c1-20(17(21)11-19-18(22)14-7-9-25-12-14)8-6-13-4-5-15(23-2)16(10-13)24-3/h4-5,7,9-10,12H,6,8,11H2,1-3H3,(H,19,22). The monoisotopic (exact) mass is 346 g/mol. The third-order valence-electron chi connectivity index (χ3n) is 3.79. The molecule has 0 saturated carbocycles. The van der Waals surface area contributed by atoms with Crippen LogP contribution in [-0.4, -0.2) is 51.1 Å². The van der Waals surface area contributed by atoms with Gasteiger partial charge in [-0.25, -0.2) is 0 Å². The lowest BCUT2D eigenvalue weighted by molar-refractivity contribution is -0.128. The third-order valence-corrected chi connectivity index (χ3v) is 3.79. The first-order chi connectivity index (χ1) is 12.0. The van der Waals surface area contributed by atoms with Gasteiger partial charge in [0.1, 0.15) is 6.26 Å². The number of furan rings is 1. The van der Waals surface area contributed by atoms with Crippen LogP contribution in [0.15, 0.2) is 41.2 Å². The summed E-state index contributed by atoms with van der Waals surface area (Å²) in [6.07, 6.45) is 3.41. The molecule has 2 amide bonds. The molecule has 25 heavy (non-hydrogen) atoms. The number of carbonyl (C=O) groups excluding carboxylic acids is 2. The lowest BCUT2D eigenvalue weighted by atomic mass is 10.1. The molecule has 1 heterocycles. The van der Waals surface area contributed by atoms with Crippen LogP contribution in [-0.2, 0) is 11.2 Å². The Morgan fingerprint density at radius 2 is 1.92 bits per heavy atom. The Morgan fingerprint density at radius 3 is 2.56 bits per heavy atom. The van der Waals surface area contributed by atoms with E-state index in [9.17, 15) is 9.59 Å². The summed E-state index contributed by atoms with van der Waals surface area (Å²) in [4.78, 5) is 25.5. The number of amides is 2. The fourth-order valence-corrected chi connectivity index (χ4v) is 2.24. The molecular weight excluding hydrogens is 324 g/mol. The highest BCUT2D eigenvalue weighted by molar-refractivity contribution is 5.96. The average Bonchev–Trinajstić information content (AvgIpc) is 3.18. The fraction of sp³-hybridized carbons (Fsp3) is 0.333. The molecule has 0 saturated heterocycles. The van der Waals surface area contributed by atoms with Gasteiger partial charge in [-0.2, -0.15) is 0 Å². The van der Waals surface area contributed by atoms with Crippen molar-refractivity contribution in [3.63, 3.8) is 0 Å². The second-order valence-electron chi connectivity index (χ2n) is 5.45. The summed E-state index contributed by atoms with van der Waals surface area (Å²) < 4.78 is 15.3. The van der Waals surface area contributed by atoms with Gasteiger partial charge in [-0.3, -0.25) is 9.59 Å². The molecule has 1 N–H and O–H groups in total. The summed E-state index contributed by atoms with van der Waals surface area (Å²) in [5.41, 5.74) is 1.42. The van der Waals surface area contributed by atoms with Crippen LogP contribution < -0.4 is 14.8 Å². The SMILES string of the molecule is COc1ccc(CCN(C)C(=O)CNC(=O)c2ccoc2)cc1OC. The molecule has 0 aliphatic heterocycles. The van der Waals surface area contributed by atoms with Gasteiger partial charge in [0, 0.05) is 13.6 Å². The van der Waals surface area contributed by atoms with Gasteiger partial charge in [-0.05, 0) is 30.2 Å². The highest BCUT2D eigenvalue weighted by Gasteiger charge is 2.13. The van der Waals surface area contributed by atoms with Gasteiger partial charge in [0.2, 0.25) is 5.91 Å². The Morgan fingerprint density at radius 1 is 1.16 bits per heavy atom. The number of hydrogen-bond acceptors (Lipinski definition) is 5. The van der Waals surface area contributed by atoms with Crippen LogP contribution in [0.4, 0.5) is 0 Å². The first kappa shape index (κ1) is 18.4. The smallest absolute Gasteiger partial charge is 0.254 e. The van der Waals surface area contributed by atoms with Gasteiger partial charge >= 0.3 is 0 Å². The van der Waals surface area contributed by atoms with Gasteiger partial charge in [-0.1, -0.05) is 6.07 Å². The van der Waals surface area contributed by atoms with Crippen LogP contribution >= 0.6 is 0 Å². The number of carbonyl (C=O) groups is 2. The van der Waals surface area contributed by atoms with Crippen LogP contribution in [0, 0.1) is 0 Å². The lowest BCUT2D eigenvalue weighted by Gasteiger charge is -2.18. The summed E-state index contributed by atoms with van der Waals surface area (Å²) in [5.74, 6) is 0.812. The van der Waals surface area contributed by atoms with Gasteiger partial charge in [0.15, 0.2) is 11.5 Å². The Labute approximate surface area is 146 Å². The summed E-state index contributed by atoms with van der Waals surface area (Å²) >= 11 is 0. The molecular formula is C18H22N2O5. The van der Waals surface area contributed by atoms with E-state index in [1.807, 2.05) is 18.2 Å². The normalized spacial score (nSPS) is 10.2. The Bertz CT molecular complexity index is 712. The van der Waals surface area contributed by atoms with Crippen molar-refractivity contribution in [1.82, 2.24) is 10.2 Å². The number of nitrogens with one attached hydrogen (secondary N) is 1. The van der Waals surface area contributed by atoms with Crippen molar-refractivity contribution < 1.29 is 23.5 Å². The van der Waals surface area contributed by atoms with Crippen molar-refractivity contribution in [2.45, 2.75) is 6.42 Å². The summed E-state index contributed by atoms with van der Waals surface area (Å²) in [7, 11) is 4.87. The molecule has 1 aromatic carbocycles. The Kier molecular flexibility index (Phi) is 6.45. The van der Waals surface area contributed by atoms with E-state index in [2.05, 4.69) is 5.32 Å². The van der Waals surface area contributed by atoms with Crippen molar-refractivity contribution in [3.8, 4) is 11.5 Å². The molecule has 2 rings (SSSR count). The maximum Gasteiger partial charge on any atom is 0.254 e. The van der Waals surface area contributed by atoms with E-state index >= 15 is 0 Å². The molecule has 7 heteroatoms. The molecule has 0 unspecified atom stereocenters. The number of likely N-dealkylation sites (N-methyl/N-ethyl adjacent to an activating group) is 1. The van der Waals surface area contributed by atoms with E-state index in [4.69, 9.17) is 13.9 Å². The number of benzene rings is 1. The van der Waals surface area contributed by atoms with E-state index in [1.165, 1.54) is 12.5 Å². The number of rotatable bonds is 8. The molecule has 0 radical (unpaired) electrons. The number of ether oxygens (including phenoxy) is 2. The second-order valence-corrected chi connectivity index (χ2v) is 5.45. The predicted octanol–water partition coefficient (Wildman–Crippen LogP) is 1.73. The minimum Gasteiger partial charge on any atom is -0.493 e. The molecule has 0 aliphatic carbocycles. The van der Waals surface area contributed by atoms with E-state index in [1.54, 1.807) is 32.2 Å². The largest absolute Gasteiger partial charge is 0.493 e. The molecule has 0 aliphatic rings.